The summed E-state index contributed by atoms with van der Waals surface area (Å²) in [6.45, 7) is 0.166. The molecule has 0 spiro atoms. The van der Waals surface area contributed by atoms with Gasteiger partial charge in [0.15, 0.2) is 0 Å². The molecule has 1 heterocycles. The highest BCUT2D eigenvalue weighted by atomic mass is 35.5. The summed E-state index contributed by atoms with van der Waals surface area (Å²) in [5, 5.41) is 5.36. The van der Waals surface area contributed by atoms with E-state index in [1.54, 1.807) is 36.5 Å². The number of anilines is 1. The van der Waals surface area contributed by atoms with Crippen molar-refractivity contribution in [2.75, 3.05) is 12.4 Å². The number of aromatic nitrogens is 1. The third kappa shape index (κ3) is 4.20. The lowest BCUT2D eigenvalue weighted by Crippen LogP contribution is -2.35. The van der Waals surface area contributed by atoms with Gasteiger partial charge in [-0.3, -0.25) is 14.6 Å². The van der Waals surface area contributed by atoms with E-state index in [4.69, 9.17) is 16.3 Å². The second-order valence-electron chi connectivity index (χ2n) is 4.30. The van der Waals surface area contributed by atoms with Gasteiger partial charge in [0.25, 0.3) is 0 Å². The summed E-state index contributed by atoms with van der Waals surface area (Å²) in [4.78, 5) is 27.7. The quantitative estimate of drug-likeness (QED) is 0.845. The summed E-state index contributed by atoms with van der Waals surface area (Å²) >= 11 is 5.86. The minimum atomic E-state index is -0.809. The third-order valence-corrected chi connectivity index (χ3v) is 3.01. The number of nitrogens with one attached hydrogen (secondary N) is 2. The molecule has 0 aliphatic heterocycles. The molecule has 2 N–H and O–H groups in total. The number of nitrogens with zero attached hydrogens (tertiary/aromatic N) is 1. The van der Waals surface area contributed by atoms with E-state index in [1.165, 1.54) is 13.2 Å². The van der Waals surface area contributed by atoms with Gasteiger partial charge >= 0.3 is 11.8 Å². The Hall–Kier alpha value is -2.60. The van der Waals surface area contributed by atoms with Crippen molar-refractivity contribution in [3.8, 4) is 5.75 Å². The van der Waals surface area contributed by atoms with Crippen LogP contribution in [0.15, 0.2) is 42.6 Å². The number of methoxy groups -OCH3 is 1. The van der Waals surface area contributed by atoms with Crippen molar-refractivity contribution in [3.05, 3.63) is 53.3 Å². The summed E-state index contributed by atoms with van der Waals surface area (Å²) in [5.41, 5.74) is 0.983. The highest BCUT2D eigenvalue weighted by molar-refractivity contribution is 6.40. The second kappa shape index (κ2) is 7.42. The van der Waals surface area contributed by atoms with Gasteiger partial charge in [-0.15, -0.1) is 0 Å². The SMILES string of the molecule is COc1ccc(Cl)cc1NC(=O)C(=O)NCc1ccccn1. The molecule has 114 valence electrons. The van der Waals surface area contributed by atoms with E-state index in [9.17, 15) is 9.59 Å². The Kier molecular flexibility index (Phi) is 5.32. The number of rotatable bonds is 4. The lowest BCUT2D eigenvalue weighted by Gasteiger charge is -2.10. The largest absolute Gasteiger partial charge is 0.495 e. The number of carbonyl (C=O) groups is 2. The molecule has 0 atom stereocenters. The van der Waals surface area contributed by atoms with Crippen molar-refractivity contribution in [2.24, 2.45) is 0 Å². The molecule has 6 nitrogen and oxygen atoms in total. The van der Waals surface area contributed by atoms with Crippen LogP contribution in [0.4, 0.5) is 5.69 Å². The molecule has 7 heteroatoms. The van der Waals surface area contributed by atoms with Crippen LogP contribution in [0, 0.1) is 0 Å². The molecule has 2 rings (SSSR count). The Morgan fingerprint density at radius 2 is 2.05 bits per heavy atom. The number of carbonyl (C=O) groups excluding carboxylic acids is 2. The molecule has 0 aliphatic rings. The molecule has 0 bridgehead atoms. The topological polar surface area (TPSA) is 80.3 Å². The Morgan fingerprint density at radius 3 is 2.73 bits per heavy atom. The van der Waals surface area contributed by atoms with E-state index in [0.29, 0.717) is 22.2 Å². The fourth-order valence-electron chi connectivity index (χ4n) is 1.71. The van der Waals surface area contributed by atoms with Crippen molar-refractivity contribution < 1.29 is 14.3 Å². The molecule has 1 aromatic heterocycles. The number of halogens is 1. The molecule has 0 unspecified atom stereocenters. The van der Waals surface area contributed by atoms with Crippen molar-refractivity contribution in [1.82, 2.24) is 10.3 Å². The number of pyridine rings is 1. The fraction of sp³-hybridized carbons (Fsp3) is 0.133. The zero-order valence-electron chi connectivity index (χ0n) is 11.8. The lowest BCUT2D eigenvalue weighted by atomic mass is 10.3. The van der Waals surface area contributed by atoms with E-state index >= 15 is 0 Å². The van der Waals surface area contributed by atoms with Gasteiger partial charge < -0.3 is 15.4 Å². The Morgan fingerprint density at radius 1 is 1.23 bits per heavy atom. The van der Waals surface area contributed by atoms with Gasteiger partial charge in [0.1, 0.15) is 5.75 Å². The van der Waals surface area contributed by atoms with Crippen LogP contribution in [0.5, 0.6) is 5.75 Å². The van der Waals surface area contributed by atoms with Crippen molar-refractivity contribution >= 4 is 29.1 Å². The molecule has 0 radical (unpaired) electrons. The molecule has 2 amide bonds. The predicted molar refractivity (Wildman–Crippen MR) is 82.7 cm³/mol. The highest BCUT2D eigenvalue weighted by Gasteiger charge is 2.16. The van der Waals surface area contributed by atoms with Crippen LogP contribution in [0.1, 0.15) is 5.69 Å². The van der Waals surface area contributed by atoms with E-state index in [0.717, 1.165) is 0 Å². The number of benzene rings is 1. The molecule has 0 fully saturated rings. The molecular weight excluding hydrogens is 306 g/mol. The summed E-state index contributed by atoms with van der Waals surface area (Å²) in [6.07, 6.45) is 1.61. The van der Waals surface area contributed by atoms with Crippen LogP contribution < -0.4 is 15.4 Å². The van der Waals surface area contributed by atoms with Crippen molar-refractivity contribution in [2.45, 2.75) is 6.54 Å². The summed E-state index contributed by atoms with van der Waals surface area (Å²) < 4.78 is 5.10. The Balaban J connectivity index is 1.97. The van der Waals surface area contributed by atoms with Gasteiger partial charge in [-0.1, -0.05) is 17.7 Å². The van der Waals surface area contributed by atoms with Gasteiger partial charge in [-0.25, -0.2) is 0 Å². The standard InChI is InChI=1S/C15H14ClN3O3/c1-22-13-6-5-10(16)8-12(13)19-15(21)14(20)18-9-11-4-2-3-7-17-11/h2-8H,9H2,1H3,(H,18,20)(H,19,21). The van der Waals surface area contributed by atoms with Crippen LogP contribution in [-0.4, -0.2) is 23.9 Å². The lowest BCUT2D eigenvalue weighted by molar-refractivity contribution is -0.136. The van der Waals surface area contributed by atoms with Crippen molar-refractivity contribution in [3.63, 3.8) is 0 Å². The molecular formula is C15H14ClN3O3. The van der Waals surface area contributed by atoms with Gasteiger partial charge in [0.2, 0.25) is 0 Å². The van der Waals surface area contributed by atoms with Crippen LogP contribution in [0.2, 0.25) is 5.02 Å². The molecule has 22 heavy (non-hydrogen) atoms. The molecule has 1 aromatic carbocycles. The van der Waals surface area contributed by atoms with Gasteiger partial charge in [0, 0.05) is 11.2 Å². The first-order chi connectivity index (χ1) is 10.6. The molecule has 0 saturated carbocycles. The zero-order chi connectivity index (χ0) is 15.9. The monoisotopic (exact) mass is 319 g/mol. The molecule has 0 aliphatic carbocycles. The second-order valence-corrected chi connectivity index (χ2v) is 4.74. The van der Waals surface area contributed by atoms with Crippen LogP contribution >= 0.6 is 11.6 Å². The normalized spacial score (nSPS) is 9.91. The van der Waals surface area contributed by atoms with Gasteiger partial charge in [0.05, 0.1) is 25.0 Å². The summed E-state index contributed by atoms with van der Waals surface area (Å²) in [5.74, 6) is -1.17. The minimum absolute atomic E-state index is 0.166. The van der Waals surface area contributed by atoms with E-state index in [1.807, 2.05) is 0 Å². The smallest absolute Gasteiger partial charge is 0.313 e. The van der Waals surface area contributed by atoms with Gasteiger partial charge in [-0.2, -0.15) is 0 Å². The van der Waals surface area contributed by atoms with E-state index in [-0.39, 0.29) is 6.54 Å². The maximum absolute atomic E-state index is 11.9. The van der Waals surface area contributed by atoms with Gasteiger partial charge in [-0.05, 0) is 30.3 Å². The van der Waals surface area contributed by atoms with Crippen LogP contribution in [-0.2, 0) is 16.1 Å². The fourth-order valence-corrected chi connectivity index (χ4v) is 1.88. The third-order valence-electron chi connectivity index (χ3n) is 2.77. The zero-order valence-corrected chi connectivity index (χ0v) is 12.6. The number of amides is 2. The molecule has 2 aromatic rings. The average Bonchev–Trinajstić information content (AvgIpc) is 2.53. The summed E-state index contributed by atoms with van der Waals surface area (Å²) in [6, 6.07) is 10.0. The first-order valence-electron chi connectivity index (χ1n) is 6.43. The number of hydrogen-bond acceptors (Lipinski definition) is 4. The minimum Gasteiger partial charge on any atom is -0.495 e. The Bertz CT molecular complexity index is 677. The summed E-state index contributed by atoms with van der Waals surface area (Å²) in [7, 11) is 1.46. The maximum atomic E-state index is 11.9. The molecule has 0 saturated heterocycles. The van der Waals surface area contributed by atoms with E-state index < -0.39 is 11.8 Å². The first kappa shape index (κ1) is 15.8. The van der Waals surface area contributed by atoms with E-state index in [2.05, 4.69) is 15.6 Å². The van der Waals surface area contributed by atoms with Crippen LogP contribution in [0.3, 0.4) is 0 Å². The highest BCUT2D eigenvalue weighted by Crippen LogP contribution is 2.27. The van der Waals surface area contributed by atoms with Crippen molar-refractivity contribution in [1.29, 1.82) is 0 Å². The Labute approximate surface area is 132 Å². The average molecular weight is 320 g/mol. The van der Waals surface area contributed by atoms with Crippen LogP contribution in [0.25, 0.3) is 0 Å². The first-order valence-corrected chi connectivity index (χ1v) is 6.80. The number of ether oxygens (including phenoxy) is 1. The number of hydrogen-bond donors (Lipinski definition) is 2. The predicted octanol–water partition coefficient (Wildman–Crippen LogP) is 2.00. The maximum Gasteiger partial charge on any atom is 0.313 e.